The number of Topliss-reactive ketones (excluding diaryl/α,β-unsaturated/α-hetero) is 1. The van der Waals surface area contributed by atoms with Crippen molar-refractivity contribution >= 4 is 23.1 Å². The number of para-hydroxylation sites is 2. The zero-order valence-electron chi connectivity index (χ0n) is 26.3. The number of carbonyl (C=O) groups excluding carboxylic acids is 2. The number of carbonyl (C=O) groups is 2. The minimum atomic E-state index is -0.600. The van der Waals surface area contributed by atoms with Gasteiger partial charge in [-0.2, -0.15) is 0 Å². The molecule has 1 aliphatic heterocycles. The fourth-order valence-corrected chi connectivity index (χ4v) is 6.34. The van der Waals surface area contributed by atoms with E-state index in [4.69, 9.17) is 9.47 Å². The SMILES string of the molecule is CCCCCC(=O)N1c2ccccc2NC2=C(C(=O)C[C@@H](c3ccc(C(C)(C)C)cc3)C2)[C@H]1c1ccc(OC)c(OC)c1. The number of ketones is 1. The maximum absolute atomic E-state index is 14.3. The van der Waals surface area contributed by atoms with E-state index in [1.807, 2.05) is 47.4 Å². The molecule has 0 saturated carbocycles. The molecule has 43 heavy (non-hydrogen) atoms. The number of unbranched alkanes of at least 4 members (excludes halogenated alkanes) is 2. The Labute approximate surface area is 256 Å². The van der Waals surface area contributed by atoms with Gasteiger partial charge in [-0.15, -0.1) is 0 Å². The summed E-state index contributed by atoms with van der Waals surface area (Å²) in [4.78, 5) is 30.3. The van der Waals surface area contributed by atoms with Gasteiger partial charge in [0, 0.05) is 24.1 Å². The number of methoxy groups -OCH3 is 2. The van der Waals surface area contributed by atoms with Gasteiger partial charge in [-0.1, -0.05) is 83.0 Å². The third-order valence-electron chi connectivity index (χ3n) is 8.72. The normalized spacial score (nSPS) is 18.4. The molecule has 0 aromatic heterocycles. The van der Waals surface area contributed by atoms with Gasteiger partial charge in [0.15, 0.2) is 17.3 Å². The van der Waals surface area contributed by atoms with Crippen molar-refractivity contribution in [1.29, 1.82) is 0 Å². The van der Waals surface area contributed by atoms with Gasteiger partial charge in [-0.3, -0.25) is 14.5 Å². The fourth-order valence-electron chi connectivity index (χ4n) is 6.34. The van der Waals surface area contributed by atoms with E-state index in [1.54, 1.807) is 14.2 Å². The summed E-state index contributed by atoms with van der Waals surface area (Å²) in [7, 11) is 3.21. The van der Waals surface area contributed by atoms with Gasteiger partial charge >= 0.3 is 0 Å². The first-order valence-corrected chi connectivity index (χ1v) is 15.4. The van der Waals surface area contributed by atoms with E-state index in [1.165, 1.54) is 5.56 Å². The van der Waals surface area contributed by atoms with Crippen LogP contribution in [0.3, 0.4) is 0 Å². The van der Waals surface area contributed by atoms with Crippen LogP contribution in [-0.2, 0) is 15.0 Å². The van der Waals surface area contributed by atoms with Crippen molar-refractivity contribution in [3.05, 3.63) is 94.7 Å². The first kappa shape index (κ1) is 30.4. The first-order chi connectivity index (χ1) is 20.7. The maximum atomic E-state index is 14.3. The number of allylic oxidation sites excluding steroid dienone is 1. The molecular weight excluding hydrogens is 536 g/mol. The van der Waals surface area contributed by atoms with Crippen molar-refractivity contribution in [3.8, 4) is 11.5 Å². The third-order valence-corrected chi connectivity index (χ3v) is 8.72. The molecule has 1 aliphatic carbocycles. The number of anilines is 2. The smallest absolute Gasteiger partial charge is 0.227 e. The largest absolute Gasteiger partial charge is 0.493 e. The molecule has 2 aliphatic rings. The monoisotopic (exact) mass is 580 g/mol. The third kappa shape index (κ3) is 6.20. The molecule has 0 unspecified atom stereocenters. The fraction of sp³-hybridized carbons (Fsp3) is 0.405. The lowest BCUT2D eigenvalue weighted by atomic mass is 9.77. The van der Waals surface area contributed by atoms with Gasteiger partial charge in [0.2, 0.25) is 5.91 Å². The van der Waals surface area contributed by atoms with E-state index in [0.29, 0.717) is 36.3 Å². The molecule has 2 atom stereocenters. The average molecular weight is 581 g/mol. The number of hydrogen-bond donors (Lipinski definition) is 1. The predicted molar refractivity (Wildman–Crippen MR) is 173 cm³/mol. The molecule has 3 aromatic rings. The summed E-state index contributed by atoms with van der Waals surface area (Å²) in [6.07, 6.45) is 4.26. The van der Waals surface area contributed by atoms with Crippen LogP contribution in [0.4, 0.5) is 11.4 Å². The van der Waals surface area contributed by atoms with Gasteiger partial charge in [0.05, 0.1) is 31.6 Å². The summed E-state index contributed by atoms with van der Waals surface area (Å²) in [5.74, 6) is 1.26. The number of amides is 1. The molecule has 1 amide bonds. The Hall–Kier alpha value is -4.06. The molecule has 0 radical (unpaired) electrons. The minimum absolute atomic E-state index is 0.00364. The molecule has 6 nitrogen and oxygen atoms in total. The quantitative estimate of drug-likeness (QED) is 0.271. The van der Waals surface area contributed by atoms with Gasteiger partial charge in [0.1, 0.15) is 0 Å². The van der Waals surface area contributed by atoms with Crippen molar-refractivity contribution in [2.24, 2.45) is 0 Å². The highest BCUT2D eigenvalue weighted by Crippen LogP contribution is 2.48. The van der Waals surface area contributed by atoms with Crippen molar-refractivity contribution in [2.45, 2.75) is 83.6 Å². The highest BCUT2D eigenvalue weighted by Gasteiger charge is 2.41. The van der Waals surface area contributed by atoms with Crippen molar-refractivity contribution in [3.63, 3.8) is 0 Å². The number of fused-ring (bicyclic) bond motifs is 1. The number of nitrogens with zero attached hydrogens (tertiary/aromatic N) is 1. The molecule has 0 bridgehead atoms. The van der Waals surface area contributed by atoms with Crippen LogP contribution in [0, 0.1) is 0 Å². The van der Waals surface area contributed by atoms with Crippen molar-refractivity contribution in [2.75, 3.05) is 24.4 Å². The van der Waals surface area contributed by atoms with E-state index in [0.717, 1.165) is 47.5 Å². The summed E-state index contributed by atoms with van der Waals surface area (Å²) in [6.45, 7) is 8.76. The highest BCUT2D eigenvalue weighted by atomic mass is 16.5. The molecule has 3 aromatic carbocycles. The van der Waals surface area contributed by atoms with Gasteiger partial charge in [-0.05, 0) is 65.1 Å². The Morgan fingerprint density at radius 3 is 2.28 bits per heavy atom. The lowest BCUT2D eigenvalue weighted by Gasteiger charge is -2.35. The minimum Gasteiger partial charge on any atom is -0.493 e. The van der Waals surface area contributed by atoms with E-state index in [9.17, 15) is 9.59 Å². The maximum Gasteiger partial charge on any atom is 0.227 e. The van der Waals surface area contributed by atoms with Crippen LogP contribution in [0.1, 0.15) is 94.9 Å². The number of ether oxygens (including phenoxy) is 2. The Morgan fingerprint density at radius 2 is 1.60 bits per heavy atom. The van der Waals surface area contributed by atoms with Gasteiger partial charge in [0.25, 0.3) is 0 Å². The Kier molecular flexibility index (Phi) is 8.95. The molecule has 1 N–H and O–H groups in total. The Morgan fingerprint density at radius 1 is 0.907 bits per heavy atom. The van der Waals surface area contributed by atoms with Crippen LogP contribution >= 0.6 is 0 Å². The molecular formula is C37H44N2O4. The van der Waals surface area contributed by atoms with E-state index < -0.39 is 6.04 Å². The van der Waals surface area contributed by atoms with Gasteiger partial charge in [-0.25, -0.2) is 0 Å². The molecule has 0 fully saturated rings. The van der Waals surface area contributed by atoms with E-state index in [2.05, 4.69) is 57.3 Å². The Balaban J connectivity index is 1.65. The summed E-state index contributed by atoms with van der Waals surface area (Å²) < 4.78 is 11.2. The predicted octanol–water partition coefficient (Wildman–Crippen LogP) is 8.48. The zero-order valence-corrected chi connectivity index (χ0v) is 26.3. The molecule has 5 rings (SSSR count). The number of rotatable bonds is 8. The molecule has 226 valence electrons. The standard InChI is InChI=1S/C37H44N2O4/c1-7-8-9-14-34(41)39-30-13-11-10-12-28(30)38-29-21-26(24-15-18-27(19-16-24)37(2,3)4)22-31(40)35(29)36(39)25-17-20-32(42-5)33(23-25)43-6/h10-13,15-20,23,26,36,38H,7-9,14,21-22H2,1-6H3/t26-,36+/m0/s1. The van der Waals surface area contributed by atoms with Gasteiger partial charge < -0.3 is 14.8 Å². The van der Waals surface area contributed by atoms with Crippen molar-refractivity contribution < 1.29 is 19.1 Å². The number of benzene rings is 3. The lowest BCUT2D eigenvalue weighted by Crippen LogP contribution is -2.38. The van der Waals surface area contributed by atoms with E-state index >= 15 is 0 Å². The second-order valence-electron chi connectivity index (χ2n) is 12.7. The van der Waals surface area contributed by atoms with Crippen LogP contribution in [0.5, 0.6) is 11.5 Å². The molecule has 1 heterocycles. The first-order valence-electron chi connectivity index (χ1n) is 15.4. The van der Waals surface area contributed by atoms with Crippen LogP contribution < -0.4 is 19.7 Å². The number of nitrogens with one attached hydrogen (secondary N) is 1. The molecule has 6 heteroatoms. The van der Waals surface area contributed by atoms with Crippen LogP contribution in [0.15, 0.2) is 78.0 Å². The topological polar surface area (TPSA) is 67.9 Å². The summed E-state index contributed by atoms with van der Waals surface area (Å²) in [6, 6.07) is 21.7. The second kappa shape index (κ2) is 12.7. The molecule has 0 saturated heterocycles. The zero-order chi connectivity index (χ0) is 30.7. The number of hydrogen-bond acceptors (Lipinski definition) is 5. The van der Waals surface area contributed by atoms with E-state index in [-0.39, 0.29) is 23.0 Å². The summed E-state index contributed by atoms with van der Waals surface area (Å²) in [5, 5.41) is 3.64. The Bertz CT molecular complexity index is 1520. The second-order valence-corrected chi connectivity index (χ2v) is 12.7. The average Bonchev–Trinajstić information content (AvgIpc) is 3.15. The van der Waals surface area contributed by atoms with Crippen molar-refractivity contribution in [1.82, 2.24) is 0 Å². The van der Waals surface area contributed by atoms with Crippen LogP contribution in [0.2, 0.25) is 0 Å². The van der Waals surface area contributed by atoms with Crippen LogP contribution in [0.25, 0.3) is 0 Å². The lowest BCUT2D eigenvalue weighted by molar-refractivity contribution is -0.119. The molecule has 0 spiro atoms. The van der Waals surface area contributed by atoms with Crippen LogP contribution in [-0.4, -0.2) is 25.9 Å². The summed E-state index contributed by atoms with van der Waals surface area (Å²) >= 11 is 0. The summed E-state index contributed by atoms with van der Waals surface area (Å²) in [5.41, 5.74) is 6.42. The highest BCUT2D eigenvalue weighted by molar-refractivity contribution is 6.06.